The maximum Gasteiger partial charge on any atom is 0.222 e. The molecule has 1 amide bonds. The highest BCUT2D eigenvalue weighted by atomic mass is 79.9. The fraction of sp³-hybridized carbons (Fsp3) is 0.533. The number of carbonyl (C=O) groups is 1. The SMILES string of the molecule is CCN(CC(C)(C)O)C(=O)CCc1cccc(Br)c1. The molecule has 0 spiro atoms. The second-order valence-corrected chi connectivity index (χ2v) is 6.27. The normalized spacial score (nSPS) is 11.4. The molecule has 0 aliphatic carbocycles. The van der Waals surface area contributed by atoms with Gasteiger partial charge in [0.1, 0.15) is 0 Å². The van der Waals surface area contributed by atoms with E-state index in [1.54, 1.807) is 18.7 Å². The molecule has 1 rings (SSSR count). The summed E-state index contributed by atoms with van der Waals surface area (Å²) in [4.78, 5) is 13.8. The number of carbonyl (C=O) groups excluding carboxylic acids is 1. The summed E-state index contributed by atoms with van der Waals surface area (Å²) >= 11 is 3.42. The molecule has 0 aromatic heterocycles. The van der Waals surface area contributed by atoms with Gasteiger partial charge in [0.25, 0.3) is 0 Å². The van der Waals surface area contributed by atoms with Crippen LogP contribution < -0.4 is 0 Å². The van der Waals surface area contributed by atoms with Gasteiger partial charge in [0.2, 0.25) is 5.91 Å². The molecular formula is C15H22BrNO2. The van der Waals surface area contributed by atoms with Gasteiger partial charge in [-0.25, -0.2) is 0 Å². The summed E-state index contributed by atoms with van der Waals surface area (Å²) in [6.07, 6.45) is 1.20. The lowest BCUT2D eigenvalue weighted by Crippen LogP contribution is -2.42. The summed E-state index contributed by atoms with van der Waals surface area (Å²) in [5, 5.41) is 9.79. The molecule has 106 valence electrons. The Morgan fingerprint density at radius 1 is 1.42 bits per heavy atom. The number of rotatable bonds is 6. The first kappa shape index (κ1) is 16.2. The van der Waals surface area contributed by atoms with Crippen molar-refractivity contribution in [2.45, 2.75) is 39.2 Å². The highest BCUT2D eigenvalue weighted by molar-refractivity contribution is 9.10. The van der Waals surface area contributed by atoms with Crippen molar-refractivity contribution in [1.29, 1.82) is 0 Å². The Hall–Kier alpha value is -0.870. The minimum Gasteiger partial charge on any atom is -0.389 e. The zero-order valence-electron chi connectivity index (χ0n) is 11.8. The summed E-state index contributed by atoms with van der Waals surface area (Å²) in [5.41, 5.74) is 0.295. The number of nitrogens with zero attached hydrogens (tertiary/aromatic N) is 1. The van der Waals surface area contributed by atoms with Crippen molar-refractivity contribution in [3.8, 4) is 0 Å². The van der Waals surface area contributed by atoms with Crippen LogP contribution in [0.3, 0.4) is 0 Å². The molecular weight excluding hydrogens is 306 g/mol. The average Bonchev–Trinajstić information content (AvgIpc) is 2.32. The van der Waals surface area contributed by atoms with Gasteiger partial charge in [-0.1, -0.05) is 28.1 Å². The summed E-state index contributed by atoms with van der Waals surface area (Å²) in [6, 6.07) is 7.99. The Balaban J connectivity index is 2.54. The van der Waals surface area contributed by atoms with Gasteiger partial charge in [-0.2, -0.15) is 0 Å². The third-order valence-corrected chi connectivity index (χ3v) is 3.32. The first-order valence-corrected chi connectivity index (χ1v) is 7.35. The zero-order chi connectivity index (χ0) is 14.5. The Labute approximate surface area is 123 Å². The quantitative estimate of drug-likeness (QED) is 0.872. The standard InChI is InChI=1S/C15H22BrNO2/c1-4-17(11-15(2,3)19)14(18)9-8-12-6-5-7-13(16)10-12/h5-7,10,19H,4,8-9,11H2,1-3H3. The number of halogens is 1. The molecule has 0 saturated carbocycles. The molecule has 1 aromatic carbocycles. The van der Waals surface area contributed by atoms with E-state index < -0.39 is 5.60 Å². The lowest BCUT2D eigenvalue weighted by Gasteiger charge is -2.28. The lowest BCUT2D eigenvalue weighted by molar-refractivity contribution is -0.133. The molecule has 0 radical (unpaired) electrons. The van der Waals surface area contributed by atoms with Gasteiger partial charge in [-0.15, -0.1) is 0 Å². The second kappa shape index (κ2) is 7.06. The molecule has 4 heteroatoms. The van der Waals surface area contributed by atoms with Gasteiger partial charge < -0.3 is 10.0 Å². The van der Waals surface area contributed by atoms with Gasteiger partial charge in [0.15, 0.2) is 0 Å². The molecule has 19 heavy (non-hydrogen) atoms. The van der Waals surface area contributed by atoms with Crippen LogP contribution in [0.1, 0.15) is 32.8 Å². The van der Waals surface area contributed by atoms with E-state index in [1.165, 1.54) is 0 Å². The first-order chi connectivity index (χ1) is 8.81. The molecule has 0 saturated heterocycles. The minimum atomic E-state index is -0.846. The molecule has 0 atom stereocenters. The zero-order valence-corrected chi connectivity index (χ0v) is 13.4. The fourth-order valence-electron chi connectivity index (χ4n) is 1.95. The highest BCUT2D eigenvalue weighted by Gasteiger charge is 2.20. The van der Waals surface area contributed by atoms with Crippen LogP contribution in [-0.4, -0.2) is 34.6 Å². The molecule has 3 nitrogen and oxygen atoms in total. The Kier molecular flexibility index (Phi) is 6.01. The van der Waals surface area contributed by atoms with Crippen molar-refractivity contribution in [2.24, 2.45) is 0 Å². The highest BCUT2D eigenvalue weighted by Crippen LogP contribution is 2.14. The number of hydrogen-bond acceptors (Lipinski definition) is 2. The van der Waals surface area contributed by atoms with Gasteiger partial charge in [0.05, 0.1) is 5.60 Å². The number of aryl methyl sites for hydroxylation is 1. The fourth-order valence-corrected chi connectivity index (χ4v) is 2.39. The molecule has 0 fully saturated rings. The Bertz CT molecular complexity index is 426. The van der Waals surface area contributed by atoms with Gasteiger partial charge in [-0.3, -0.25) is 4.79 Å². The van der Waals surface area contributed by atoms with E-state index in [1.807, 2.05) is 31.2 Å². The monoisotopic (exact) mass is 327 g/mol. The molecule has 0 aliphatic rings. The van der Waals surface area contributed by atoms with E-state index in [2.05, 4.69) is 15.9 Å². The van der Waals surface area contributed by atoms with Crippen LogP contribution in [0.5, 0.6) is 0 Å². The van der Waals surface area contributed by atoms with Crippen molar-refractivity contribution in [2.75, 3.05) is 13.1 Å². The largest absolute Gasteiger partial charge is 0.389 e. The van der Waals surface area contributed by atoms with Crippen LogP contribution in [0.4, 0.5) is 0 Å². The van der Waals surface area contributed by atoms with E-state index >= 15 is 0 Å². The van der Waals surface area contributed by atoms with Crippen LogP contribution in [-0.2, 0) is 11.2 Å². The van der Waals surface area contributed by atoms with Crippen molar-refractivity contribution in [1.82, 2.24) is 4.90 Å². The summed E-state index contributed by atoms with van der Waals surface area (Å²) in [7, 11) is 0. The smallest absolute Gasteiger partial charge is 0.222 e. The molecule has 1 aromatic rings. The molecule has 0 aliphatic heterocycles. The lowest BCUT2D eigenvalue weighted by atomic mass is 10.1. The topological polar surface area (TPSA) is 40.5 Å². The summed E-state index contributed by atoms with van der Waals surface area (Å²) in [6.45, 7) is 6.37. The number of benzene rings is 1. The van der Waals surface area contributed by atoms with Gasteiger partial charge >= 0.3 is 0 Å². The van der Waals surface area contributed by atoms with E-state index in [-0.39, 0.29) is 5.91 Å². The van der Waals surface area contributed by atoms with Crippen molar-refractivity contribution < 1.29 is 9.90 Å². The van der Waals surface area contributed by atoms with E-state index in [0.717, 1.165) is 16.5 Å². The van der Waals surface area contributed by atoms with Crippen LogP contribution in [0.25, 0.3) is 0 Å². The summed E-state index contributed by atoms with van der Waals surface area (Å²) in [5.74, 6) is 0.0876. The van der Waals surface area contributed by atoms with Crippen molar-refractivity contribution >= 4 is 21.8 Å². The predicted octanol–water partition coefficient (Wildman–Crippen LogP) is 3.00. The number of hydrogen-bond donors (Lipinski definition) is 1. The van der Waals surface area contributed by atoms with Crippen LogP contribution in [0.2, 0.25) is 0 Å². The van der Waals surface area contributed by atoms with E-state index in [9.17, 15) is 9.90 Å². The Morgan fingerprint density at radius 2 is 2.11 bits per heavy atom. The number of aliphatic hydroxyl groups is 1. The van der Waals surface area contributed by atoms with Crippen LogP contribution >= 0.6 is 15.9 Å². The maximum absolute atomic E-state index is 12.1. The molecule has 0 bridgehead atoms. The minimum absolute atomic E-state index is 0.0876. The van der Waals surface area contributed by atoms with E-state index in [4.69, 9.17) is 0 Å². The van der Waals surface area contributed by atoms with Crippen molar-refractivity contribution in [3.63, 3.8) is 0 Å². The predicted molar refractivity (Wildman–Crippen MR) is 81.0 cm³/mol. The maximum atomic E-state index is 12.1. The number of likely N-dealkylation sites (N-methyl/N-ethyl adjacent to an activating group) is 1. The molecule has 0 heterocycles. The van der Waals surface area contributed by atoms with Gasteiger partial charge in [0, 0.05) is 24.0 Å². The first-order valence-electron chi connectivity index (χ1n) is 6.56. The second-order valence-electron chi connectivity index (χ2n) is 5.35. The van der Waals surface area contributed by atoms with E-state index in [0.29, 0.717) is 19.5 Å². The van der Waals surface area contributed by atoms with Crippen molar-refractivity contribution in [3.05, 3.63) is 34.3 Å². The molecule has 0 unspecified atom stereocenters. The summed E-state index contributed by atoms with van der Waals surface area (Å²) < 4.78 is 1.03. The third-order valence-electron chi connectivity index (χ3n) is 2.83. The molecule has 1 N–H and O–H groups in total. The van der Waals surface area contributed by atoms with Crippen LogP contribution in [0.15, 0.2) is 28.7 Å². The average molecular weight is 328 g/mol. The number of amides is 1. The third kappa shape index (κ3) is 6.21. The van der Waals surface area contributed by atoms with Crippen LogP contribution in [0, 0.1) is 0 Å². The Morgan fingerprint density at radius 3 is 2.63 bits per heavy atom. The van der Waals surface area contributed by atoms with Gasteiger partial charge in [-0.05, 0) is 44.9 Å².